The number of aromatic nitrogens is 2. The zero-order valence-corrected chi connectivity index (χ0v) is 13.9. The largest absolute Gasteiger partial charge is 0.464 e. The van der Waals surface area contributed by atoms with E-state index in [1.54, 1.807) is 12.3 Å². The van der Waals surface area contributed by atoms with Gasteiger partial charge in [-0.1, -0.05) is 30.3 Å². The number of hydrogen-bond acceptors (Lipinski definition) is 6. The van der Waals surface area contributed by atoms with Crippen LogP contribution >= 0.6 is 0 Å². The standard InChI is InChI=1S/C20H14N2O4/c1-24-20(23)16-12-25-19(22-16)18-10-9-17(26-18)14-7-5-13(6-8-14)15-4-2-3-11-21-15/h2-12H,1H3. The molecule has 0 amide bonds. The highest BCUT2D eigenvalue weighted by Crippen LogP contribution is 2.29. The van der Waals surface area contributed by atoms with Gasteiger partial charge in [0.1, 0.15) is 12.0 Å². The Hall–Kier alpha value is -3.67. The first-order valence-corrected chi connectivity index (χ1v) is 7.90. The molecule has 6 heteroatoms. The van der Waals surface area contributed by atoms with E-state index in [0.717, 1.165) is 16.8 Å². The van der Waals surface area contributed by atoms with Crippen molar-refractivity contribution in [2.24, 2.45) is 0 Å². The number of carbonyl (C=O) groups is 1. The van der Waals surface area contributed by atoms with Crippen LogP contribution in [0.2, 0.25) is 0 Å². The zero-order valence-electron chi connectivity index (χ0n) is 13.9. The molecule has 0 saturated heterocycles. The Morgan fingerprint density at radius 3 is 2.46 bits per heavy atom. The predicted octanol–water partition coefficient (Wildman–Crippen LogP) is 4.45. The number of methoxy groups -OCH3 is 1. The van der Waals surface area contributed by atoms with E-state index in [9.17, 15) is 4.79 Å². The SMILES string of the molecule is COC(=O)c1coc(-c2ccc(-c3ccc(-c4ccccn4)cc3)o2)n1. The normalized spacial score (nSPS) is 10.7. The lowest BCUT2D eigenvalue weighted by atomic mass is 10.1. The summed E-state index contributed by atoms with van der Waals surface area (Å²) in [6.07, 6.45) is 3.01. The Morgan fingerprint density at radius 2 is 1.73 bits per heavy atom. The molecule has 0 atom stereocenters. The molecule has 0 spiro atoms. The molecule has 3 heterocycles. The van der Waals surface area contributed by atoms with Crippen LogP contribution in [0.5, 0.6) is 0 Å². The summed E-state index contributed by atoms with van der Waals surface area (Å²) >= 11 is 0. The number of benzene rings is 1. The Labute approximate surface area is 149 Å². The van der Waals surface area contributed by atoms with Crippen LogP contribution in [0.4, 0.5) is 0 Å². The molecule has 6 nitrogen and oxygen atoms in total. The third-order valence-corrected chi connectivity index (χ3v) is 3.85. The summed E-state index contributed by atoms with van der Waals surface area (Å²) in [7, 11) is 1.29. The Bertz CT molecular complexity index is 1030. The highest BCUT2D eigenvalue weighted by atomic mass is 16.5. The minimum Gasteiger partial charge on any atom is -0.464 e. The van der Waals surface area contributed by atoms with E-state index in [1.807, 2.05) is 48.5 Å². The minimum absolute atomic E-state index is 0.0974. The van der Waals surface area contributed by atoms with Crippen LogP contribution in [0.3, 0.4) is 0 Å². The molecule has 3 aromatic heterocycles. The van der Waals surface area contributed by atoms with E-state index in [4.69, 9.17) is 8.83 Å². The predicted molar refractivity (Wildman–Crippen MR) is 94.2 cm³/mol. The molecule has 0 unspecified atom stereocenters. The first-order valence-electron chi connectivity index (χ1n) is 7.90. The van der Waals surface area contributed by atoms with Crippen LogP contribution in [-0.4, -0.2) is 23.0 Å². The third-order valence-electron chi connectivity index (χ3n) is 3.85. The number of furan rings is 1. The fraction of sp³-hybridized carbons (Fsp3) is 0.0500. The fourth-order valence-electron chi connectivity index (χ4n) is 2.53. The summed E-state index contributed by atoms with van der Waals surface area (Å²) in [4.78, 5) is 19.9. The molecule has 0 fully saturated rings. The van der Waals surface area contributed by atoms with Gasteiger partial charge in [0.2, 0.25) is 0 Å². The van der Waals surface area contributed by atoms with E-state index in [-0.39, 0.29) is 11.6 Å². The van der Waals surface area contributed by atoms with Crippen molar-refractivity contribution in [3.63, 3.8) is 0 Å². The number of pyridine rings is 1. The molecule has 0 bridgehead atoms. The van der Waals surface area contributed by atoms with E-state index >= 15 is 0 Å². The smallest absolute Gasteiger partial charge is 0.360 e. The van der Waals surface area contributed by atoms with Gasteiger partial charge < -0.3 is 13.6 Å². The van der Waals surface area contributed by atoms with Gasteiger partial charge in [-0.15, -0.1) is 0 Å². The molecule has 4 rings (SSSR count). The van der Waals surface area contributed by atoms with E-state index in [1.165, 1.54) is 13.4 Å². The van der Waals surface area contributed by atoms with Gasteiger partial charge in [0.05, 0.1) is 12.8 Å². The number of ether oxygens (including phenoxy) is 1. The second kappa shape index (κ2) is 6.68. The second-order valence-electron chi connectivity index (χ2n) is 5.49. The van der Waals surface area contributed by atoms with Gasteiger partial charge >= 0.3 is 5.97 Å². The van der Waals surface area contributed by atoms with Crippen molar-refractivity contribution in [3.8, 4) is 34.2 Å². The topological polar surface area (TPSA) is 78.4 Å². The summed E-state index contributed by atoms with van der Waals surface area (Å²) in [5.41, 5.74) is 2.95. The Morgan fingerprint density at radius 1 is 0.962 bits per heavy atom. The number of rotatable bonds is 4. The van der Waals surface area contributed by atoms with Gasteiger partial charge in [-0.3, -0.25) is 4.98 Å². The lowest BCUT2D eigenvalue weighted by molar-refractivity contribution is 0.0594. The molecule has 128 valence electrons. The molecule has 0 aliphatic carbocycles. The fourth-order valence-corrected chi connectivity index (χ4v) is 2.53. The van der Waals surface area contributed by atoms with Crippen molar-refractivity contribution in [1.82, 2.24) is 9.97 Å². The molecule has 0 radical (unpaired) electrons. The maximum Gasteiger partial charge on any atom is 0.360 e. The first-order chi connectivity index (χ1) is 12.7. The summed E-state index contributed by atoms with van der Waals surface area (Å²) in [5, 5.41) is 0. The average molecular weight is 346 g/mol. The molecule has 0 saturated carbocycles. The molecule has 1 aromatic carbocycles. The van der Waals surface area contributed by atoms with Crippen LogP contribution < -0.4 is 0 Å². The van der Waals surface area contributed by atoms with Crippen LogP contribution in [0.15, 0.2) is 75.9 Å². The maximum atomic E-state index is 11.5. The van der Waals surface area contributed by atoms with Crippen molar-refractivity contribution < 1.29 is 18.4 Å². The van der Waals surface area contributed by atoms with E-state index in [2.05, 4.69) is 14.7 Å². The molecule has 0 N–H and O–H groups in total. The quantitative estimate of drug-likeness (QED) is 0.508. The first kappa shape index (κ1) is 15.8. The van der Waals surface area contributed by atoms with Crippen molar-refractivity contribution in [2.75, 3.05) is 7.11 Å². The van der Waals surface area contributed by atoms with Crippen LogP contribution in [0.25, 0.3) is 34.2 Å². The van der Waals surface area contributed by atoms with Crippen molar-refractivity contribution in [3.05, 3.63) is 72.8 Å². The maximum absolute atomic E-state index is 11.5. The monoisotopic (exact) mass is 346 g/mol. The molecule has 0 aliphatic heterocycles. The average Bonchev–Trinajstić information content (AvgIpc) is 3.38. The van der Waals surface area contributed by atoms with Gasteiger partial charge in [-0.2, -0.15) is 4.98 Å². The van der Waals surface area contributed by atoms with E-state index in [0.29, 0.717) is 11.5 Å². The highest BCUT2D eigenvalue weighted by molar-refractivity contribution is 5.87. The van der Waals surface area contributed by atoms with Crippen molar-refractivity contribution in [2.45, 2.75) is 0 Å². The minimum atomic E-state index is -0.558. The van der Waals surface area contributed by atoms with Crippen LogP contribution in [0.1, 0.15) is 10.5 Å². The summed E-state index contributed by atoms with van der Waals surface area (Å²) in [6, 6.07) is 17.3. The molecular weight excluding hydrogens is 332 g/mol. The summed E-state index contributed by atoms with van der Waals surface area (Å²) in [6.45, 7) is 0. The van der Waals surface area contributed by atoms with Gasteiger partial charge in [0, 0.05) is 17.3 Å². The van der Waals surface area contributed by atoms with Crippen molar-refractivity contribution in [1.29, 1.82) is 0 Å². The molecule has 4 aromatic rings. The molecular formula is C20H14N2O4. The molecule has 26 heavy (non-hydrogen) atoms. The van der Waals surface area contributed by atoms with Gasteiger partial charge in [0.15, 0.2) is 11.5 Å². The number of nitrogens with zero attached hydrogens (tertiary/aromatic N) is 2. The lowest BCUT2D eigenvalue weighted by Gasteiger charge is -2.02. The van der Waals surface area contributed by atoms with Gasteiger partial charge in [-0.05, 0) is 24.3 Å². The number of carbonyl (C=O) groups excluding carboxylic acids is 1. The number of hydrogen-bond donors (Lipinski definition) is 0. The summed E-state index contributed by atoms with van der Waals surface area (Å²) < 4.78 is 15.7. The second-order valence-corrected chi connectivity index (χ2v) is 5.49. The number of esters is 1. The van der Waals surface area contributed by atoms with Gasteiger partial charge in [0.25, 0.3) is 5.89 Å². The van der Waals surface area contributed by atoms with Crippen LogP contribution in [0, 0.1) is 0 Å². The summed E-state index contributed by atoms with van der Waals surface area (Å²) in [5.74, 6) is 0.771. The zero-order chi connectivity index (χ0) is 17.9. The number of oxazole rings is 1. The van der Waals surface area contributed by atoms with Crippen LogP contribution in [-0.2, 0) is 4.74 Å². The van der Waals surface area contributed by atoms with Gasteiger partial charge in [-0.25, -0.2) is 4.79 Å². The third kappa shape index (κ3) is 3.00. The Kier molecular flexibility index (Phi) is 4.07. The molecule has 0 aliphatic rings. The highest BCUT2D eigenvalue weighted by Gasteiger charge is 2.16. The lowest BCUT2D eigenvalue weighted by Crippen LogP contribution is -2.00. The van der Waals surface area contributed by atoms with Crippen molar-refractivity contribution >= 4 is 5.97 Å². The van der Waals surface area contributed by atoms with E-state index < -0.39 is 5.97 Å². The Balaban J connectivity index is 1.58.